The lowest BCUT2D eigenvalue weighted by Crippen LogP contribution is -2.49. The van der Waals surface area contributed by atoms with Gasteiger partial charge in [0.05, 0.1) is 29.5 Å². The van der Waals surface area contributed by atoms with Crippen molar-refractivity contribution in [2.45, 2.75) is 64.9 Å². The summed E-state index contributed by atoms with van der Waals surface area (Å²) in [6.07, 6.45) is 3.71. The summed E-state index contributed by atoms with van der Waals surface area (Å²) >= 11 is 0. The first-order chi connectivity index (χ1) is 11.4. The molecule has 0 atom stereocenters. The van der Waals surface area contributed by atoms with Crippen molar-refractivity contribution >= 4 is 12.9 Å². The van der Waals surface area contributed by atoms with E-state index < -0.39 is 16.8 Å². The zero-order valence-corrected chi connectivity index (χ0v) is 15.9. The number of aliphatic hydroxyl groups is 2. The van der Waals surface area contributed by atoms with Crippen molar-refractivity contribution in [1.82, 2.24) is 9.78 Å². The minimum absolute atomic E-state index is 0.443. The van der Waals surface area contributed by atoms with E-state index in [1.807, 2.05) is 44.3 Å². The molecule has 5 nitrogen and oxygen atoms in total. The standard InChI is InChI=1S/C19H28BN2O3/c1-17(2,23)13-22-12-15(11-21-22)14-7-9-16(10-8-14)20-25-19(5,6)18(3,4)24/h7-12,23-24H,13H2,1-6H3. The molecular weight excluding hydrogens is 315 g/mol. The van der Waals surface area contributed by atoms with E-state index >= 15 is 0 Å². The number of aromatic nitrogens is 2. The summed E-state index contributed by atoms with van der Waals surface area (Å²) in [5.41, 5.74) is 0.522. The Morgan fingerprint density at radius 3 is 2.12 bits per heavy atom. The average Bonchev–Trinajstić information content (AvgIpc) is 2.91. The van der Waals surface area contributed by atoms with Gasteiger partial charge < -0.3 is 14.9 Å². The third-order valence-electron chi connectivity index (χ3n) is 4.39. The predicted octanol–water partition coefficient (Wildman–Crippen LogP) is 2.13. The SMILES string of the molecule is CC(C)(O)Cn1cc(-c2ccc([B]OC(C)(C)C(C)(C)O)cc2)cn1. The Balaban J connectivity index is 2.03. The van der Waals surface area contributed by atoms with Crippen molar-refractivity contribution in [3.63, 3.8) is 0 Å². The van der Waals surface area contributed by atoms with Gasteiger partial charge >= 0.3 is 7.48 Å². The van der Waals surface area contributed by atoms with Crippen LogP contribution in [0.3, 0.4) is 0 Å². The number of nitrogens with zero attached hydrogens (tertiary/aromatic N) is 2. The number of rotatable bonds is 7. The van der Waals surface area contributed by atoms with E-state index in [9.17, 15) is 10.2 Å². The molecule has 2 rings (SSSR count). The fraction of sp³-hybridized carbons (Fsp3) is 0.526. The quantitative estimate of drug-likeness (QED) is 0.756. The molecule has 0 bridgehead atoms. The van der Waals surface area contributed by atoms with E-state index in [-0.39, 0.29) is 0 Å². The molecule has 2 N–H and O–H groups in total. The summed E-state index contributed by atoms with van der Waals surface area (Å²) in [6.45, 7) is 11.1. The van der Waals surface area contributed by atoms with Crippen LogP contribution in [0, 0.1) is 0 Å². The van der Waals surface area contributed by atoms with Gasteiger partial charge in [0.1, 0.15) is 0 Å². The second-order valence-electron chi connectivity index (χ2n) is 8.17. The maximum Gasteiger partial charge on any atom is 0.330 e. The van der Waals surface area contributed by atoms with Crippen molar-refractivity contribution in [2.75, 3.05) is 0 Å². The average molecular weight is 343 g/mol. The van der Waals surface area contributed by atoms with Crippen LogP contribution in [0.2, 0.25) is 0 Å². The molecular formula is C19H28BN2O3. The highest BCUT2D eigenvalue weighted by molar-refractivity contribution is 6.47. The highest BCUT2D eigenvalue weighted by Crippen LogP contribution is 2.24. The molecule has 1 aromatic heterocycles. The fourth-order valence-electron chi connectivity index (χ4n) is 2.11. The van der Waals surface area contributed by atoms with Gasteiger partial charge in [-0.15, -0.1) is 0 Å². The minimum atomic E-state index is -0.946. The Morgan fingerprint density at radius 1 is 1.00 bits per heavy atom. The Bertz CT molecular complexity index is 695. The number of hydrogen-bond acceptors (Lipinski definition) is 4. The summed E-state index contributed by atoms with van der Waals surface area (Å²) < 4.78 is 7.51. The maximum absolute atomic E-state index is 10.1. The van der Waals surface area contributed by atoms with Gasteiger partial charge in [-0.3, -0.25) is 4.68 Å². The van der Waals surface area contributed by atoms with Crippen LogP contribution in [0.1, 0.15) is 41.5 Å². The van der Waals surface area contributed by atoms with E-state index in [0.29, 0.717) is 6.54 Å². The lowest BCUT2D eigenvalue weighted by molar-refractivity contribution is -0.0893. The van der Waals surface area contributed by atoms with Gasteiger partial charge in [0.25, 0.3) is 0 Å². The Kier molecular flexibility index (Phi) is 5.47. The van der Waals surface area contributed by atoms with Gasteiger partial charge in [0.2, 0.25) is 0 Å². The van der Waals surface area contributed by atoms with E-state index in [1.165, 1.54) is 0 Å². The van der Waals surface area contributed by atoms with Crippen LogP contribution in [-0.2, 0) is 11.2 Å². The zero-order valence-electron chi connectivity index (χ0n) is 15.9. The van der Waals surface area contributed by atoms with Crippen LogP contribution in [-0.4, -0.2) is 44.3 Å². The van der Waals surface area contributed by atoms with Crippen LogP contribution in [0.25, 0.3) is 11.1 Å². The lowest BCUT2D eigenvalue weighted by Gasteiger charge is -2.37. The molecule has 1 heterocycles. The smallest absolute Gasteiger partial charge is 0.330 e. The summed E-state index contributed by atoms with van der Waals surface area (Å²) in [6, 6.07) is 7.92. The largest absolute Gasteiger partial charge is 0.427 e. The molecule has 0 aliphatic rings. The molecule has 0 aliphatic carbocycles. The molecule has 0 unspecified atom stereocenters. The Morgan fingerprint density at radius 2 is 1.60 bits per heavy atom. The highest BCUT2D eigenvalue weighted by atomic mass is 16.5. The fourth-order valence-corrected chi connectivity index (χ4v) is 2.11. The summed E-state index contributed by atoms with van der Waals surface area (Å²) in [5.74, 6) is 0. The van der Waals surface area contributed by atoms with Crippen LogP contribution in [0.4, 0.5) is 0 Å². The molecule has 6 heteroatoms. The Hall–Kier alpha value is -1.63. The van der Waals surface area contributed by atoms with Gasteiger partial charge in [0.15, 0.2) is 0 Å². The van der Waals surface area contributed by atoms with Crippen LogP contribution in [0.5, 0.6) is 0 Å². The van der Waals surface area contributed by atoms with E-state index in [1.54, 1.807) is 46.1 Å². The molecule has 25 heavy (non-hydrogen) atoms. The van der Waals surface area contributed by atoms with E-state index in [4.69, 9.17) is 4.65 Å². The van der Waals surface area contributed by atoms with Crippen LogP contribution < -0.4 is 5.46 Å². The summed E-state index contributed by atoms with van der Waals surface area (Å²) in [5, 5.41) is 24.3. The first kappa shape index (κ1) is 19.7. The summed E-state index contributed by atoms with van der Waals surface area (Å²) in [4.78, 5) is 0. The molecule has 0 saturated heterocycles. The van der Waals surface area contributed by atoms with E-state index in [2.05, 4.69) is 5.10 Å². The normalized spacial score (nSPS) is 13.1. The monoisotopic (exact) mass is 343 g/mol. The minimum Gasteiger partial charge on any atom is -0.427 e. The number of hydrogen-bond donors (Lipinski definition) is 2. The topological polar surface area (TPSA) is 67.5 Å². The lowest BCUT2D eigenvalue weighted by atomic mass is 9.82. The van der Waals surface area contributed by atoms with Crippen LogP contribution in [0.15, 0.2) is 36.7 Å². The molecule has 0 spiro atoms. The first-order valence-corrected chi connectivity index (χ1v) is 8.46. The second kappa shape index (κ2) is 6.94. The molecule has 1 aromatic carbocycles. The third kappa shape index (κ3) is 5.43. The second-order valence-corrected chi connectivity index (χ2v) is 8.17. The highest BCUT2D eigenvalue weighted by Gasteiger charge is 2.35. The molecule has 0 amide bonds. The van der Waals surface area contributed by atoms with Crippen molar-refractivity contribution in [2.24, 2.45) is 0 Å². The van der Waals surface area contributed by atoms with Crippen LogP contribution >= 0.6 is 0 Å². The van der Waals surface area contributed by atoms with Gasteiger partial charge in [-0.1, -0.05) is 29.7 Å². The molecule has 0 fully saturated rings. The van der Waals surface area contributed by atoms with Crippen molar-refractivity contribution in [3.8, 4) is 11.1 Å². The van der Waals surface area contributed by atoms with Crippen molar-refractivity contribution < 1.29 is 14.9 Å². The molecule has 0 saturated carbocycles. The zero-order chi connectivity index (χ0) is 18.9. The van der Waals surface area contributed by atoms with Crippen molar-refractivity contribution in [3.05, 3.63) is 36.7 Å². The van der Waals surface area contributed by atoms with Gasteiger partial charge in [0, 0.05) is 11.8 Å². The first-order valence-electron chi connectivity index (χ1n) is 8.46. The molecule has 135 valence electrons. The predicted molar refractivity (Wildman–Crippen MR) is 101 cm³/mol. The Labute approximate surface area is 150 Å². The summed E-state index contributed by atoms with van der Waals surface area (Å²) in [7, 11) is 1.67. The maximum atomic E-state index is 10.1. The van der Waals surface area contributed by atoms with Gasteiger partial charge in [-0.2, -0.15) is 5.10 Å². The number of benzene rings is 1. The molecule has 1 radical (unpaired) electrons. The third-order valence-corrected chi connectivity index (χ3v) is 4.39. The molecule has 0 aliphatic heterocycles. The van der Waals surface area contributed by atoms with Gasteiger partial charge in [-0.25, -0.2) is 0 Å². The van der Waals surface area contributed by atoms with Gasteiger partial charge in [-0.05, 0) is 47.1 Å². The van der Waals surface area contributed by atoms with E-state index in [0.717, 1.165) is 16.6 Å². The molecule has 2 aromatic rings. The van der Waals surface area contributed by atoms with Crippen molar-refractivity contribution in [1.29, 1.82) is 0 Å².